The molecule has 0 atom stereocenters. The topological polar surface area (TPSA) is 121 Å². The van der Waals surface area contributed by atoms with E-state index in [1.165, 1.54) is 13.0 Å². The van der Waals surface area contributed by atoms with Crippen LogP contribution in [0.2, 0.25) is 0 Å². The number of nitro benzene ring substituents is 1. The molecule has 3 N–H and O–H groups in total. The summed E-state index contributed by atoms with van der Waals surface area (Å²) in [5.74, 6) is -0.159. The second kappa shape index (κ2) is 5.39. The Kier molecular flexibility index (Phi) is 3.65. The third kappa shape index (κ3) is 2.74. The fourth-order valence-corrected chi connectivity index (χ4v) is 1.75. The van der Waals surface area contributed by atoms with Gasteiger partial charge in [-0.3, -0.25) is 14.9 Å². The molecule has 0 saturated heterocycles. The van der Waals surface area contributed by atoms with Crippen LogP contribution in [0.25, 0.3) is 0 Å². The van der Waals surface area contributed by atoms with Crippen LogP contribution < -0.4 is 10.9 Å². The molecule has 0 saturated carbocycles. The van der Waals surface area contributed by atoms with E-state index in [9.17, 15) is 20.0 Å². The molecule has 0 aliphatic rings. The van der Waals surface area contributed by atoms with Gasteiger partial charge in [-0.1, -0.05) is 18.2 Å². The third-order valence-corrected chi connectivity index (χ3v) is 2.66. The Morgan fingerprint density at radius 3 is 2.80 bits per heavy atom. The molecule has 2 aromatic rings. The Bertz CT molecular complexity index is 711. The summed E-state index contributed by atoms with van der Waals surface area (Å²) in [6, 6.07) is 6.15. The number of aromatic hydroxyl groups is 1. The van der Waals surface area contributed by atoms with Gasteiger partial charge in [0.2, 0.25) is 5.88 Å². The van der Waals surface area contributed by atoms with E-state index in [1.807, 2.05) is 0 Å². The molecule has 0 amide bonds. The van der Waals surface area contributed by atoms with Crippen molar-refractivity contribution in [1.82, 2.24) is 9.97 Å². The fraction of sp³-hybridized carbons (Fsp3) is 0.167. The lowest BCUT2D eigenvalue weighted by Crippen LogP contribution is -2.16. The van der Waals surface area contributed by atoms with Gasteiger partial charge in [0.1, 0.15) is 5.82 Å². The molecule has 0 radical (unpaired) electrons. The summed E-state index contributed by atoms with van der Waals surface area (Å²) in [6.45, 7) is 1.56. The van der Waals surface area contributed by atoms with Crippen LogP contribution in [-0.2, 0) is 6.54 Å². The van der Waals surface area contributed by atoms with E-state index < -0.39 is 16.4 Å². The van der Waals surface area contributed by atoms with Gasteiger partial charge in [0.05, 0.1) is 4.92 Å². The minimum absolute atomic E-state index is 0.0263. The van der Waals surface area contributed by atoms with Crippen molar-refractivity contribution < 1.29 is 10.0 Å². The molecule has 104 valence electrons. The van der Waals surface area contributed by atoms with Gasteiger partial charge < -0.3 is 15.4 Å². The number of hydrogen-bond acceptors (Lipinski definition) is 6. The number of nitro groups is 1. The van der Waals surface area contributed by atoms with Crippen molar-refractivity contribution in [3.05, 3.63) is 56.1 Å². The molecule has 0 fully saturated rings. The number of rotatable bonds is 4. The number of anilines is 1. The lowest BCUT2D eigenvalue weighted by atomic mass is 10.2. The average Bonchev–Trinajstić information content (AvgIpc) is 2.37. The summed E-state index contributed by atoms with van der Waals surface area (Å²) in [6.07, 6.45) is 0. The van der Waals surface area contributed by atoms with Crippen LogP contribution in [0.3, 0.4) is 0 Å². The Balaban J connectivity index is 2.26. The first-order valence-corrected chi connectivity index (χ1v) is 5.75. The predicted octanol–water partition coefficient (Wildman–Crippen LogP) is 1.30. The fourth-order valence-electron chi connectivity index (χ4n) is 1.75. The average molecular weight is 276 g/mol. The summed E-state index contributed by atoms with van der Waals surface area (Å²) in [5, 5.41) is 23.1. The molecule has 0 unspecified atom stereocenters. The van der Waals surface area contributed by atoms with E-state index in [-0.39, 0.29) is 23.7 Å². The summed E-state index contributed by atoms with van der Waals surface area (Å²) in [7, 11) is 0. The maximum absolute atomic E-state index is 11.6. The number of nitrogens with zero attached hydrogens (tertiary/aromatic N) is 2. The highest BCUT2D eigenvalue weighted by molar-refractivity contribution is 5.51. The second-order valence-electron chi connectivity index (χ2n) is 4.09. The van der Waals surface area contributed by atoms with Crippen molar-refractivity contribution in [2.24, 2.45) is 0 Å². The molecule has 0 bridgehead atoms. The van der Waals surface area contributed by atoms with Crippen LogP contribution in [0.4, 0.5) is 11.4 Å². The van der Waals surface area contributed by atoms with E-state index in [2.05, 4.69) is 15.3 Å². The SMILES string of the molecule is Cc1nc(O)c(NCc2ccccc2[N+](=O)[O-])c(=O)[nH]1. The van der Waals surface area contributed by atoms with E-state index in [0.717, 1.165) is 0 Å². The van der Waals surface area contributed by atoms with Gasteiger partial charge >= 0.3 is 0 Å². The zero-order chi connectivity index (χ0) is 14.7. The first-order valence-electron chi connectivity index (χ1n) is 5.75. The summed E-state index contributed by atoms with van der Waals surface area (Å²) >= 11 is 0. The van der Waals surface area contributed by atoms with Crippen molar-refractivity contribution in [2.75, 3.05) is 5.32 Å². The Morgan fingerprint density at radius 1 is 1.45 bits per heavy atom. The number of para-hydroxylation sites is 1. The molecule has 1 heterocycles. The molecule has 0 aliphatic carbocycles. The van der Waals surface area contributed by atoms with Crippen LogP contribution >= 0.6 is 0 Å². The number of hydrogen-bond donors (Lipinski definition) is 3. The van der Waals surface area contributed by atoms with E-state index in [1.54, 1.807) is 18.2 Å². The van der Waals surface area contributed by atoms with Crippen molar-refractivity contribution >= 4 is 11.4 Å². The van der Waals surface area contributed by atoms with Crippen LogP contribution in [0.15, 0.2) is 29.1 Å². The largest absolute Gasteiger partial charge is 0.492 e. The summed E-state index contributed by atoms with van der Waals surface area (Å²) < 4.78 is 0. The molecular weight excluding hydrogens is 264 g/mol. The predicted molar refractivity (Wildman–Crippen MR) is 71.7 cm³/mol. The van der Waals surface area contributed by atoms with Gasteiger partial charge in [0, 0.05) is 18.2 Å². The van der Waals surface area contributed by atoms with Gasteiger partial charge in [-0.25, -0.2) is 0 Å². The maximum Gasteiger partial charge on any atom is 0.278 e. The van der Waals surface area contributed by atoms with E-state index >= 15 is 0 Å². The van der Waals surface area contributed by atoms with Gasteiger partial charge in [-0.15, -0.1) is 0 Å². The highest BCUT2D eigenvalue weighted by Gasteiger charge is 2.14. The molecule has 8 nitrogen and oxygen atoms in total. The van der Waals surface area contributed by atoms with Crippen LogP contribution in [0, 0.1) is 17.0 Å². The molecule has 1 aromatic carbocycles. The maximum atomic E-state index is 11.6. The van der Waals surface area contributed by atoms with Crippen molar-refractivity contribution in [3.8, 4) is 5.88 Å². The first-order chi connectivity index (χ1) is 9.49. The van der Waals surface area contributed by atoms with Crippen molar-refractivity contribution in [2.45, 2.75) is 13.5 Å². The standard InChI is InChI=1S/C12H12N4O4/c1-7-14-11(17)10(12(18)15-7)13-6-8-4-2-3-5-9(8)16(19)20/h2-5,13H,6H2,1H3,(H2,14,15,17,18). The first kappa shape index (κ1) is 13.5. The van der Waals surface area contributed by atoms with E-state index in [0.29, 0.717) is 5.56 Å². The Labute approximate surface area is 113 Å². The molecule has 0 aliphatic heterocycles. The molecule has 0 spiro atoms. The normalized spacial score (nSPS) is 10.2. The Hall–Kier alpha value is -2.90. The molecule has 1 aromatic heterocycles. The zero-order valence-corrected chi connectivity index (χ0v) is 10.6. The molecule has 2 rings (SSSR count). The number of H-pyrrole nitrogens is 1. The minimum atomic E-state index is -0.534. The van der Waals surface area contributed by atoms with E-state index in [4.69, 9.17) is 0 Å². The van der Waals surface area contributed by atoms with Crippen LogP contribution in [-0.4, -0.2) is 20.0 Å². The van der Waals surface area contributed by atoms with Crippen LogP contribution in [0.1, 0.15) is 11.4 Å². The highest BCUT2D eigenvalue weighted by Crippen LogP contribution is 2.20. The Morgan fingerprint density at radius 2 is 2.15 bits per heavy atom. The van der Waals surface area contributed by atoms with Crippen LogP contribution in [0.5, 0.6) is 5.88 Å². The monoisotopic (exact) mass is 276 g/mol. The number of aryl methyl sites for hydroxylation is 1. The zero-order valence-electron chi connectivity index (χ0n) is 10.6. The summed E-state index contributed by atoms with van der Waals surface area (Å²) in [4.78, 5) is 28.1. The lowest BCUT2D eigenvalue weighted by Gasteiger charge is -2.07. The lowest BCUT2D eigenvalue weighted by molar-refractivity contribution is -0.385. The molecular formula is C12H12N4O4. The number of aromatic nitrogens is 2. The van der Waals surface area contributed by atoms with Gasteiger partial charge in [0.15, 0.2) is 5.69 Å². The minimum Gasteiger partial charge on any atom is -0.492 e. The summed E-state index contributed by atoms with van der Waals surface area (Å²) in [5.41, 5.74) is -0.310. The second-order valence-corrected chi connectivity index (χ2v) is 4.09. The van der Waals surface area contributed by atoms with Crippen molar-refractivity contribution in [1.29, 1.82) is 0 Å². The number of nitrogens with one attached hydrogen (secondary N) is 2. The smallest absolute Gasteiger partial charge is 0.278 e. The van der Waals surface area contributed by atoms with Gasteiger partial charge in [-0.2, -0.15) is 4.98 Å². The molecule has 8 heteroatoms. The quantitative estimate of drug-likeness (QED) is 0.571. The number of aromatic amines is 1. The van der Waals surface area contributed by atoms with Gasteiger partial charge in [0.25, 0.3) is 11.2 Å². The van der Waals surface area contributed by atoms with Crippen molar-refractivity contribution in [3.63, 3.8) is 0 Å². The third-order valence-electron chi connectivity index (χ3n) is 2.66. The highest BCUT2D eigenvalue weighted by atomic mass is 16.6. The van der Waals surface area contributed by atoms with Gasteiger partial charge in [-0.05, 0) is 6.92 Å². The number of benzene rings is 1. The molecule has 20 heavy (non-hydrogen) atoms.